The molecule has 5 heteroatoms. The zero-order valence-electron chi connectivity index (χ0n) is 12.5. The summed E-state index contributed by atoms with van der Waals surface area (Å²) in [6, 6.07) is 14.7. The third-order valence-electron chi connectivity index (χ3n) is 3.00. The number of carbonyl (C=O) groups is 1. The molecule has 0 saturated carbocycles. The minimum atomic E-state index is -0.252. The van der Waals surface area contributed by atoms with Crippen molar-refractivity contribution in [1.29, 1.82) is 0 Å². The Balaban J connectivity index is 2.03. The number of benzene rings is 2. The van der Waals surface area contributed by atoms with Crippen molar-refractivity contribution in [2.45, 2.75) is 13.8 Å². The highest BCUT2D eigenvalue weighted by Gasteiger charge is 2.05. The van der Waals surface area contributed by atoms with E-state index in [0.717, 1.165) is 21.5 Å². The summed E-state index contributed by atoms with van der Waals surface area (Å²) in [4.78, 5) is 12.0. The van der Waals surface area contributed by atoms with Crippen LogP contribution in [-0.2, 0) is 0 Å². The minimum Gasteiger partial charge on any atom is -0.494 e. The molecule has 0 spiro atoms. The number of hydrogen-bond donors (Lipinski definition) is 1. The summed E-state index contributed by atoms with van der Waals surface area (Å²) >= 11 is 3.41. The van der Waals surface area contributed by atoms with Gasteiger partial charge in [0, 0.05) is 10.0 Å². The molecule has 0 bridgehead atoms. The molecule has 0 aliphatic rings. The molecule has 4 nitrogen and oxygen atoms in total. The van der Waals surface area contributed by atoms with Gasteiger partial charge in [0.05, 0.1) is 12.3 Å². The van der Waals surface area contributed by atoms with Gasteiger partial charge in [-0.05, 0) is 55.8 Å². The first-order valence-electron chi connectivity index (χ1n) is 6.93. The van der Waals surface area contributed by atoms with Crippen LogP contribution in [0.4, 0.5) is 0 Å². The first-order valence-corrected chi connectivity index (χ1v) is 7.73. The fraction of sp³-hybridized carbons (Fsp3) is 0.176. The average Bonchev–Trinajstić information content (AvgIpc) is 2.53. The van der Waals surface area contributed by atoms with E-state index in [1.165, 1.54) is 0 Å². The normalized spacial score (nSPS) is 11.1. The predicted molar refractivity (Wildman–Crippen MR) is 91.4 cm³/mol. The third-order valence-corrected chi connectivity index (χ3v) is 3.49. The van der Waals surface area contributed by atoms with Crippen molar-refractivity contribution in [3.05, 3.63) is 64.1 Å². The highest BCUT2D eigenvalue weighted by molar-refractivity contribution is 9.10. The molecule has 114 valence electrons. The van der Waals surface area contributed by atoms with Crippen LogP contribution in [0.1, 0.15) is 29.8 Å². The Kier molecular flexibility index (Phi) is 5.72. The zero-order chi connectivity index (χ0) is 15.9. The van der Waals surface area contributed by atoms with Crippen LogP contribution in [0.5, 0.6) is 5.75 Å². The second-order valence-corrected chi connectivity index (χ2v) is 5.52. The Bertz CT molecular complexity index is 681. The van der Waals surface area contributed by atoms with E-state index in [1.807, 2.05) is 38.1 Å². The number of nitrogens with one attached hydrogen (secondary N) is 1. The molecule has 0 atom stereocenters. The molecule has 2 aromatic carbocycles. The van der Waals surface area contributed by atoms with Crippen LogP contribution in [0.2, 0.25) is 0 Å². The molecule has 0 aromatic heterocycles. The Morgan fingerprint density at radius 2 is 1.91 bits per heavy atom. The molecular formula is C17H17BrN2O2. The van der Waals surface area contributed by atoms with E-state index >= 15 is 0 Å². The predicted octanol–water partition coefficient (Wildman–Crippen LogP) is 4.00. The fourth-order valence-corrected chi connectivity index (χ4v) is 2.25. The number of rotatable bonds is 5. The molecule has 0 unspecified atom stereocenters. The molecule has 0 saturated heterocycles. The molecule has 0 heterocycles. The van der Waals surface area contributed by atoms with Crippen LogP contribution in [0, 0.1) is 0 Å². The Hall–Kier alpha value is -2.14. The average molecular weight is 361 g/mol. The smallest absolute Gasteiger partial charge is 0.271 e. The van der Waals surface area contributed by atoms with E-state index in [1.54, 1.807) is 24.3 Å². The summed E-state index contributed by atoms with van der Waals surface area (Å²) in [7, 11) is 0. The highest BCUT2D eigenvalue weighted by Crippen LogP contribution is 2.13. The molecule has 0 aliphatic carbocycles. The molecule has 1 N–H and O–H groups in total. The van der Waals surface area contributed by atoms with Crippen molar-refractivity contribution < 1.29 is 9.53 Å². The van der Waals surface area contributed by atoms with Crippen molar-refractivity contribution >= 4 is 27.5 Å². The van der Waals surface area contributed by atoms with E-state index in [0.29, 0.717) is 12.2 Å². The lowest BCUT2D eigenvalue weighted by Gasteiger charge is -2.05. The number of amides is 1. The Labute approximate surface area is 138 Å². The van der Waals surface area contributed by atoms with E-state index in [2.05, 4.69) is 26.5 Å². The largest absolute Gasteiger partial charge is 0.494 e. The molecule has 0 radical (unpaired) electrons. The van der Waals surface area contributed by atoms with Crippen LogP contribution in [0.15, 0.2) is 58.1 Å². The maximum Gasteiger partial charge on any atom is 0.271 e. The molecular weight excluding hydrogens is 344 g/mol. The van der Waals surface area contributed by atoms with Crippen LogP contribution >= 0.6 is 15.9 Å². The second kappa shape index (κ2) is 7.75. The number of carbonyl (C=O) groups excluding carboxylic acids is 1. The monoisotopic (exact) mass is 360 g/mol. The summed E-state index contributed by atoms with van der Waals surface area (Å²) in [6.07, 6.45) is 0. The van der Waals surface area contributed by atoms with Gasteiger partial charge in [-0.25, -0.2) is 5.43 Å². The Morgan fingerprint density at radius 3 is 2.55 bits per heavy atom. The van der Waals surface area contributed by atoms with E-state index in [4.69, 9.17) is 4.74 Å². The molecule has 2 rings (SSSR count). The molecule has 0 aliphatic heterocycles. The number of ether oxygens (including phenoxy) is 1. The van der Waals surface area contributed by atoms with Gasteiger partial charge in [-0.2, -0.15) is 5.10 Å². The van der Waals surface area contributed by atoms with Crippen LogP contribution in [0.25, 0.3) is 0 Å². The first-order chi connectivity index (χ1) is 10.6. The number of nitrogens with zero attached hydrogens (tertiary/aromatic N) is 1. The maximum absolute atomic E-state index is 12.0. The molecule has 2 aromatic rings. The summed E-state index contributed by atoms with van der Waals surface area (Å²) in [5.74, 6) is 0.491. The standard InChI is InChI=1S/C17H17BrN2O2/c1-3-22-16-9-7-13(8-10-16)17(21)20-19-12(2)14-5-4-6-15(18)11-14/h4-11H,3H2,1-2H3,(H,20,21). The summed E-state index contributed by atoms with van der Waals surface area (Å²) < 4.78 is 6.31. The maximum atomic E-state index is 12.0. The third kappa shape index (κ3) is 4.43. The minimum absolute atomic E-state index is 0.252. The van der Waals surface area contributed by atoms with Crippen molar-refractivity contribution in [2.24, 2.45) is 5.10 Å². The van der Waals surface area contributed by atoms with Crippen LogP contribution in [-0.4, -0.2) is 18.2 Å². The van der Waals surface area contributed by atoms with E-state index < -0.39 is 0 Å². The number of halogens is 1. The van der Waals surface area contributed by atoms with Crippen LogP contribution in [0.3, 0.4) is 0 Å². The quantitative estimate of drug-likeness (QED) is 0.646. The van der Waals surface area contributed by atoms with Gasteiger partial charge in [-0.15, -0.1) is 0 Å². The summed E-state index contributed by atoms with van der Waals surface area (Å²) in [5.41, 5.74) is 4.78. The van der Waals surface area contributed by atoms with Crippen LogP contribution < -0.4 is 10.2 Å². The lowest BCUT2D eigenvalue weighted by molar-refractivity contribution is 0.0955. The van der Waals surface area contributed by atoms with Gasteiger partial charge in [0.15, 0.2) is 0 Å². The topological polar surface area (TPSA) is 50.7 Å². The van der Waals surface area contributed by atoms with Crippen molar-refractivity contribution in [3.63, 3.8) is 0 Å². The Morgan fingerprint density at radius 1 is 1.18 bits per heavy atom. The highest BCUT2D eigenvalue weighted by atomic mass is 79.9. The number of hydrogen-bond acceptors (Lipinski definition) is 3. The summed E-state index contributed by atoms with van der Waals surface area (Å²) in [6.45, 7) is 4.36. The van der Waals surface area contributed by atoms with E-state index in [-0.39, 0.29) is 5.91 Å². The van der Waals surface area contributed by atoms with Gasteiger partial charge in [0.25, 0.3) is 5.91 Å². The van der Waals surface area contributed by atoms with Gasteiger partial charge in [-0.3, -0.25) is 4.79 Å². The van der Waals surface area contributed by atoms with Gasteiger partial charge in [0.2, 0.25) is 0 Å². The van der Waals surface area contributed by atoms with Gasteiger partial charge >= 0.3 is 0 Å². The van der Waals surface area contributed by atoms with Crippen molar-refractivity contribution in [1.82, 2.24) is 5.43 Å². The number of hydrazone groups is 1. The van der Waals surface area contributed by atoms with Gasteiger partial charge < -0.3 is 4.74 Å². The molecule has 0 fully saturated rings. The molecule has 22 heavy (non-hydrogen) atoms. The SMILES string of the molecule is CCOc1ccc(C(=O)NN=C(C)c2cccc(Br)c2)cc1. The first kappa shape index (κ1) is 16.2. The fourth-order valence-electron chi connectivity index (χ4n) is 1.85. The van der Waals surface area contributed by atoms with Crippen molar-refractivity contribution in [2.75, 3.05) is 6.61 Å². The van der Waals surface area contributed by atoms with Crippen molar-refractivity contribution in [3.8, 4) is 5.75 Å². The second-order valence-electron chi connectivity index (χ2n) is 4.61. The van der Waals surface area contributed by atoms with Gasteiger partial charge in [-0.1, -0.05) is 28.1 Å². The zero-order valence-corrected chi connectivity index (χ0v) is 14.1. The summed E-state index contributed by atoms with van der Waals surface area (Å²) in [5, 5.41) is 4.14. The molecule has 1 amide bonds. The van der Waals surface area contributed by atoms with E-state index in [9.17, 15) is 4.79 Å². The lowest BCUT2D eigenvalue weighted by Crippen LogP contribution is -2.19. The van der Waals surface area contributed by atoms with Gasteiger partial charge in [0.1, 0.15) is 5.75 Å². The lowest BCUT2D eigenvalue weighted by atomic mass is 10.1.